The molecule has 36 heavy (non-hydrogen) atoms. The number of carboxylic acid groups (broad SMARTS) is 1. The summed E-state index contributed by atoms with van der Waals surface area (Å²) in [5.74, 6) is -2.21. The van der Waals surface area contributed by atoms with Gasteiger partial charge < -0.3 is 10.4 Å². The summed E-state index contributed by atoms with van der Waals surface area (Å²) in [6.45, 7) is 4.89. The number of carbonyl (C=O) groups is 1. The predicted octanol–water partition coefficient (Wildman–Crippen LogP) is 4.76. The van der Waals surface area contributed by atoms with Gasteiger partial charge >= 0.3 is 5.97 Å². The first-order chi connectivity index (χ1) is 17.1. The fourth-order valence-electron chi connectivity index (χ4n) is 4.87. The van der Waals surface area contributed by atoms with E-state index in [0.29, 0.717) is 24.4 Å². The van der Waals surface area contributed by atoms with Gasteiger partial charge in [-0.15, -0.1) is 0 Å². The molecule has 1 saturated heterocycles. The van der Waals surface area contributed by atoms with Gasteiger partial charge in [0.1, 0.15) is 11.9 Å². The van der Waals surface area contributed by atoms with E-state index in [1.54, 1.807) is 12.1 Å². The molecule has 188 valence electrons. The van der Waals surface area contributed by atoms with Crippen LogP contribution < -0.4 is 5.32 Å². The average molecular weight is 514 g/mol. The molecule has 1 fully saturated rings. The number of carboxylic acids is 1. The fraction of sp³-hybridized carbons (Fsp3) is 0.385. The number of nitrogens with one attached hydrogen (secondary N) is 1. The number of aliphatic carboxylic acids is 1. The Morgan fingerprint density at radius 1 is 1.42 bits per heavy atom. The third-order valence-corrected chi connectivity index (χ3v) is 7.17. The Balaban J connectivity index is 1.60. The van der Waals surface area contributed by atoms with Gasteiger partial charge in [0, 0.05) is 36.3 Å². The van der Waals surface area contributed by atoms with Crippen LogP contribution in [0.5, 0.6) is 0 Å². The van der Waals surface area contributed by atoms with Gasteiger partial charge in [0.2, 0.25) is 0 Å². The molecule has 0 radical (unpaired) electrons. The van der Waals surface area contributed by atoms with Gasteiger partial charge in [-0.1, -0.05) is 23.7 Å². The van der Waals surface area contributed by atoms with Crippen molar-refractivity contribution in [1.29, 1.82) is 5.26 Å². The van der Waals surface area contributed by atoms with Crippen molar-refractivity contribution in [2.45, 2.75) is 45.7 Å². The maximum Gasteiger partial charge on any atom is 0.310 e. The predicted molar refractivity (Wildman–Crippen MR) is 132 cm³/mol. The standard InChI is InChI=1S/C26H26ClF2N5O2/c1-15-8-19(13-31-15)32-22-9-18(12-30)24(29)21(33-22)11-26(25(35)36)6-7-34(16(2)10-26)14-17-4-3-5-20(27)23(17)28/h3-5,8-9,16,31H,6-7,10-11,13-14H2,1-2H3,(H,35,36)/t16-,26-/m1/s1. The summed E-state index contributed by atoms with van der Waals surface area (Å²) in [6.07, 6.45) is 2.06. The number of hydrogen-bond donors (Lipinski definition) is 2. The van der Waals surface area contributed by atoms with Crippen LogP contribution in [0.4, 0.5) is 14.6 Å². The van der Waals surface area contributed by atoms with E-state index in [4.69, 9.17) is 11.6 Å². The largest absolute Gasteiger partial charge is 0.481 e. The minimum absolute atomic E-state index is 0.0365. The number of benzene rings is 1. The second-order valence-corrected chi connectivity index (χ2v) is 9.84. The molecule has 3 heterocycles. The van der Waals surface area contributed by atoms with E-state index in [0.717, 1.165) is 5.70 Å². The van der Waals surface area contributed by atoms with E-state index >= 15 is 4.39 Å². The molecule has 4 rings (SSSR count). The highest BCUT2D eigenvalue weighted by atomic mass is 35.5. The Labute approximate surface area is 213 Å². The number of allylic oxidation sites excluding steroid dienone is 1. The molecule has 10 heteroatoms. The Bertz CT molecular complexity index is 1310. The Morgan fingerprint density at radius 2 is 2.19 bits per heavy atom. The summed E-state index contributed by atoms with van der Waals surface area (Å²) in [6, 6.07) is 7.67. The second-order valence-electron chi connectivity index (χ2n) is 9.43. The van der Waals surface area contributed by atoms with Crippen LogP contribution in [0.25, 0.3) is 0 Å². The van der Waals surface area contributed by atoms with Crippen LogP contribution in [-0.2, 0) is 17.8 Å². The maximum absolute atomic E-state index is 15.1. The quantitative estimate of drug-likeness (QED) is 0.577. The molecule has 7 nitrogen and oxygen atoms in total. The van der Waals surface area contributed by atoms with Gasteiger partial charge in [0.25, 0.3) is 0 Å². The summed E-state index contributed by atoms with van der Waals surface area (Å²) in [5.41, 5.74) is 0.434. The van der Waals surface area contributed by atoms with E-state index in [1.807, 2.05) is 30.9 Å². The van der Waals surface area contributed by atoms with Gasteiger partial charge in [0.15, 0.2) is 11.6 Å². The Kier molecular flexibility index (Phi) is 7.38. The molecule has 2 atom stereocenters. The minimum atomic E-state index is -1.29. The molecular weight excluding hydrogens is 488 g/mol. The zero-order chi connectivity index (χ0) is 26.0. The summed E-state index contributed by atoms with van der Waals surface area (Å²) in [5, 5.41) is 22.8. The lowest BCUT2D eigenvalue weighted by Gasteiger charge is -2.43. The van der Waals surface area contributed by atoms with E-state index in [1.165, 1.54) is 12.1 Å². The smallest absolute Gasteiger partial charge is 0.310 e. The number of aliphatic imine (C=N–C) groups is 1. The van der Waals surface area contributed by atoms with E-state index in [2.05, 4.69) is 15.3 Å². The van der Waals surface area contributed by atoms with E-state index in [9.17, 15) is 19.6 Å². The van der Waals surface area contributed by atoms with Crippen molar-refractivity contribution < 1.29 is 18.7 Å². The molecule has 0 aliphatic carbocycles. The number of hydrogen-bond acceptors (Lipinski definition) is 6. The summed E-state index contributed by atoms with van der Waals surface area (Å²) in [7, 11) is 0. The number of nitrogens with zero attached hydrogens (tertiary/aromatic N) is 4. The topological polar surface area (TPSA) is 102 Å². The highest BCUT2D eigenvalue weighted by Gasteiger charge is 2.45. The highest BCUT2D eigenvalue weighted by Crippen LogP contribution is 2.40. The number of likely N-dealkylation sites (tertiary alicyclic amines) is 1. The van der Waals surface area contributed by atoms with Crippen molar-refractivity contribution >= 4 is 29.1 Å². The van der Waals surface area contributed by atoms with Gasteiger partial charge in [-0.2, -0.15) is 5.26 Å². The molecule has 0 saturated carbocycles. The molecule has 2 aromatic rings. The number of aromatic nitrogens is 1. The van der Waals surface area contributed by atoms with Gasteiger partial charge in [-0.25, -0.2) is 18.8 Å². The van der Waals surface area contributed by atoms with Gasteiger partial charge in [-0.05, 0) is 45.4 Å². The van der Waals surface area contributed by atoms with Crippen LogP contribution in [0.3, 0.4) is 0 Å². The molecule has 0 amide bonds. The second kappa shape index (κ2) is 10.3. The summed E-state index contributed by atoms with van der Waals surface area (Å²) in [4.78, 5) is 23.2. The van der Waals surface area contributed by atoms with Crippen LogP contribution in [0, 0.1) is 28.4 Å². The summed E-state index contributed by atoms with van der Waals surface area (Å²) < 4.78 is 29.6. The third-order valence-electron chi connectivity index (χ3n) is 6.87. The van der Waals surface area contributed by atoms with Crippen LogP contribution in [0.15, 0.2) is 41.0 Å². The van der Waals surface area contributed by atoms with Gasteiger partial charge in [0.05, 0.1) is 34.0 Å². The molecule has 0 bridgehead atoms. The molecule has 2 aliphatic rings. The Morgan fingerprint density at radius 3 is 2.83 bits per heavy atom. The summed E-state index contributed by atoms with van der Waals surface area (Å²) >= 11 is 5.91. The van der Waals surface area contributed by atoms with Crippen LogP contribution >= 0.6 is 11.6 Å². The van der Waals surface area contributed by atoms with Crippen LogP contribution in [0.2, 0.25) is 5.02 Å². The molecule has 0 unspecified atom stereocenters. The highest BCUT2D eigenvalue weighted by molar-refractivity contribution is 6.30. The molecule has 1 aromatic heterocycles. The SMILES string of the molecule is CC1=CC(=Nc2cc(C#N)c(F)c(C[C@@]3(C(=O)O)CCN(Cc4cccc(Cl)c4F)[C@H](C)C3)n2)CN1. The van der Waals surface area contributed by atoms with Crippen molar-refractivity contribution in [3.05, 3.63) is 69.5 Å². The van der Waals surface area contributed by atoms with Crippen LogP contribution in [-0.4, -0.2) is 45.8 Å². The third kappa shape index (κ3) is 5.25. The van der Waals surface area contributed by atoms with Crippen molar-refractivity contribution in [3.8, 4) is 6.07 Å². The first-order valence-corrected chi connectivity index (χ1v) is 12.0. The molecule has 1 aromatic carbocycles. The zero-order valence-electron chi connectivity index (χ0n) is 20.0. The zero-order valence-corrected chi connectivity index (χ0v) is 20.7. The molecular formula is C26H26ClF2N5O2. The first-order valence-electron chi connectivity index (χ1n) is 11.6. The number of pyridine rings is 1. The number of halogens is 3. The first kappa shape index (κ1) is 25.7. The van der Waals surface area contributed by atoms with Crippen molar-refractivity contribution in [3.63, 3.8) is 0 Å². The van der Waals surface area contributed by atoms with Crippen molar-refractivity contribution in [2.75, 3.05) is 13.1 Å². The van der Waals surface area contributed by atoms with Crippen LogP contribution in [0.1, 0.15) is 43.5 Å². The molecule has 2 aliphatic heterocycles. The average Bonchev–Trinajstić information content (AvgIpc) is 3.24. The van der Waals surface area contributed by atoms with Crippen molar-refractivity contribution in [2.24, 2.45) is 10.4 Å². The molecule has 0 spiro atoms. The monoisotopic (exact) mass is 513 g/mol. The lowest BCUT2D eigenvalue weighted by Crippen LogP contribution is -2.50. The normalized spacial score (nSPS) is 23.3. The number of piperidine rings is 1. The van der Waals surface area contributed by atoms with E-state index in [-0.39, 0.29) is 53.9 Å². The molecule has 2 N–H and O–H groups in total. The lowest BCUT2D eigenvalue weighted by molar-refractivity contribution is -0.153. The van der Waals surface area contributed by atoms with E-state index < -0.39 is 23.0 Å². The van der Waals surface area contributed by atoms with Gasteiger partial charge in [-0.3, -0.25) is 9.69 Å². The number of rotatable bonds is 6. The maximum atomic E-state index is 15.1. The number of nitriles is 1. The fourth-order valence-corrected chi connectivity index (χ4v) is 5.07. The van der Waals surface area contributed by atoms with Crippen molar-refractivity contribution in [1.82, 2.24) is 15.2 Å². The lowest BCUT2D eigenvalue weighted by atomic mass is 9.72. The Hall–Kier alpha value is -3.35. The minimum Gasteiger partial charge on any atom is -0.481 e.